The Kier molecular flexibility index (Phi) is 4.09. The van der Waals surface area contributed by atoms with Crippen LogP contribution < -0.4 is 5.32 Å². The molecule has 0 bridgehead atoms. The second kappa shape index (κ2) is 6.17. The lowest BCUT2D eigenvalue weighted by Crippen LogP contribution is -2.15. The number of nitrogens with one attached hydrogen (secondary N) is 1. The van der Waals surface area contributed by atoms with Crippen LogP contribution in [0, 0.1) is 0 Å². The van der Waals surface area contributed by atoms with Crippen LogP contribution in [-0.4, -0.2) is 11.7 Å². The third-order valence-corrected chi connectivity index (χ3v) is 3.78. The minimum Gasteiger partial charge on any atom is -0.394 e. The predicted molar refractivity (Wildman–Crippen MR) is 88.8 cm³/mol. The largest absolute Gasteiger partial charge is 0.394 e. The second-order valence-electron chi connectivity index (χ2n) is 4.96. The summed E-state index contributed by atoms with van der Waals surface area (Å²) in [4.78, 5) is 0. The van der Waals surface area contributed by atoms with E-state index < -0.39 is 0 Å². The summed E-state index contributed by atoms with van der Waals surface area (Å²) in [6.45, 7) is 0.0144. The number of fused-ring (bicyclic) bond motifs is 1. The van der Waals surface area contributed by atoms with E-state index in [0.29, 0.717) is 5.02 Å². The second-order valence-corrected chi connectivity index (χ2v) is 5.39. The van der Waals surface area contributed by atoms with E-state index in [1.54, 1.807) is 0 Å². The van der Waals surface area contributed by atoms with Gasteiger partial charge in [-0.3, -0.25) is 0 Å². The van der Waals surface area contributed by atoms with Gasteiger partial charge in [-0.05, 0) is 34.5 Å². The van der Waals surface area contributed by atoms with E-state index in [0.717, 1.165) is 16.6 Å². The van der Waals surface area contributed by atoms with Crippen LogP contribution in [0.4, 0.5) is 5.69 Å². The highest BCUT2D eigenvalue weighted by Gasteiger charge is 2.13. The fourth-order valence-electron chi connectivity index (χ4n) is 2.56. The molecule has 106 valence electrons. The minimum atomic E-state index is -0.172. The summed E-state index contributed by atoms with van der Waals surface area (Å²) in [6, 6.07) is 21.7. The highest BCUT2D eigenvalue weighted by Crippen LogP contribution is 2.27. The first kappa shape index (κ1) is 13.9. The summed E-state index contributed by atoms with van der Waals surface area (Å²) < 4.78 is 0. The van der Waals surface area contributed by atoms with E-state index in [1.165, 1.54) is 5.39 Å². The van der Waals surface area contributed by atoms with Crippen LogP contribution in [0.5, 0.6) is 0 Å². The summed E-state index contributed by atoms with van der Waals surface area (Å²) in [6.07, 6.45) is 0. The fourth-order valence-corrected chi connectivity index (χ4v) is 2.75. The van der Waals surface area contributed by atoms with Crippen LogP contribution >= 0.6 is 11.6 Å². The first-order valence-electron chi connectivity index (χ1n) is 6.88. The molecule has 1 unspecified atom stereocenters. The number of hydrogen-bond donors (Lipinski definition) is 2. The SMILES string of the molecule is OCC(Nc1cccc(Cl)c1)c1cccc2ccccc12. The molecule has 0 fully saturated rings. The van der Waals surface area contributed by atoms with Gasteiger partial charge < -0.3 is 10.4 Å². The van der Waals surface area contributed by atoms with Crippen LogP contribution in [0.15, 0.2) is 66.7 Å². The van der Waals surface area contributed by atoms with Gasteiger partial charge >= 0.3 is 0 Å². The summed E-state index contributed by atoms with van der Waals surface area (Å²) in [5.74, 6) is 0. The molecule has 3 aromatic rings. The Balaban J connectivity index is 1.98. The fraction of sp³-hybridized carbons (Fsp3) is 0.111. The van der Waals surface area contributed by atoms with Crippen molar-refractivity contribution in [3.05, 3.63) is 77.3 Å². The Labute approximate surface area is 129 Å². The first-order chi connectivity index (χ1) is 10.3. The van der Waals surface area contributed by atoms with E-state index in [4.69, 9.17) is 11.6 Å². The Morgan fingerprint density at radius 2 is 1.71 bits per heavy atom. The number of rotatable bonds is 4. The van der Waals surface area contributed by atoms with Crippen LogP contribution in [-0.2, 0) is 0 Å². The lowest BCUT2D eigenvalue weighted by Gasteiger charge is -2.20. The van der Waals surface area contributed by atoms with Gasteiger partial charge in [0.05, 0.1) is 12.6 Å². The van der Waals surface area contributed by atoms with Crippen molar-refractivity contribution in [2.24, 2.45) is 0 Å². The molecular formula is C18H16ClNO. The maximum Gasteiger partial charge on any atom is 0.0751 e. The van der Waals surface area contributed by atoms with Crippen molar-refractivity contribution < 1.29 is 5.11 Å². The third kappa shape index (κ3) is 3.02. The highest BCUT2D eigenvalue weighted by atomic mass is 35.5. The van der Waals surface area contributed by atoms with E-state index in [2.05, 4.69) is 23.5 Å². The van der Waals surface area contributed by atoms with Crippen LogP contribution in [0.25, 0.3) is 10.8 Å². The molecule has 3 aromatic carbocycles. The van der Waals surface area contributed by atoms with Crippen molar-refractivity contribution >= 4 is 28.1 Å². The van der Waals surface area contributed by atoms with E-state index in [9.17, 15) is 5.11 Å². The van der Waals surface area contributed by atoms with Gasteiger partial charge in [0.15, 0.2) is 0 Å². The molecule has 3 rings (SSSR count). The van der Waals surface area contributed by atoms with Crippen LogP contribution in [0.1, 0.15) is 11.6 Å². The van der Waals surface area contributed by atoms with Gasteiger partial charge in [-0.1, -0.05) is 60.1 Å². The van der Waals surface area contributed by atoms with Crippen LogP contribution in [0.2, 0.25) is 5.02 Å². The van der Waals surface area contributed by atoms with Crippen molar-refractivity contribution in [3.63, 3.8) is 0 Å². The molecule has 0 aliphatic heterocycles. The Morgan fingerprint density at radius 3 is 2.52 bits per heavy atom. The summed E-state index contributed by atoms with van der Waals surface area (Å²) >= 11 is 6.01. The molecule has 0 amide bonds. The molecule has 21 heavy (non-hydrogen) atoms. The maximum absolute atomic E-state index is 9.77. The molecule has 2 N–H and O–H groups in total. The maximum atomic E-state index is 9.77. The molecule has 0 spiro atoms. The Bertz CT molecular complexity index is 752. The summed E-state index contributed by atoms with van der Waals surface area (Å²) in [7, 11) is 0. The van der Waals surface area contributed by atoms with Gasteiger partial charge in [0, 0.05) is 10.7 Å². The number of aliphatic hydroxyl groups is 1. The summed E-state index contributed by atoms with van der Waals surface area (Å²) in [5.41, 5.74) is 1.98. The zero-order valence-corrected chi connectivity index (χ0v) is 12.2. The molecule has 0 saturated heterocycles. The zero-order chi connectivity index (χ0) is 14.7. The normalized spacial score (nSPS) is 12.3. The molecule has 0 aromatic heterocycles. The molecular weight excluding hydrogens is 282 g/mol. The van der Waals surface area contributed by atoms with Gasteiger partial charge in [-0.25, -0.2) is 0 Å². The molecule has 3 heteroatoms. The smallest absolute Gasteiger partial charge is 0.0751 e. The molecule has 0 radical (unpaired) electrons. The average Bonchev–Trinajstić information content (AvgIpc) is 2.52. The van der Waals surface area contributed by atoms with Gasteiger partial charge in [-0.2, -0.15) is 0 Å². The minimum absolute atomic E-state index is 0.0144. The van der Waals surface area contributed by atoms with Gasteiger partial charge in [0.25, 0.3) is 0 Å². The highest BCUT2D eigenvalue weighted by molar-refractivity contribution is 6.30. The van der Waals surface area contributed by atoms with E-state index in [-0.39, 0.29) is 12.6 Å². The number of benzene rings is 3. The van der Waals surface area contributed by atoms with Crippen molar-refractivity contribution in [1.29, 1.82) is 0 Å². The molecule has 0 saturated carbocycles. The van der Waals surface area contributed by atoms with E-state index >= 15 is 0 Å². The number of anilines is 1. The average molecular weight is 298 g/mol. The van der Waals surface area contributed by atoms with Gasteiger partial charge in [-0.15, -0.1) is 0 Å². The Hall–Kier alpha value is -2.03. The summed E-state index contributed by atoms with van der Waals surface area (Å²) in [5, 5.41) is 16.1. The van der Waals surface area contributed by atoms with Crippen molar-refractivity contribution in [3.8, 4) is 0 Å². The number of halogens is 1. The van der Waals surface area contributed by atoms with Gasteiger partial charge in [0.2, 0.25) is 0 Å². The van der Waals surface area contributed by atoms with Crippen molar-refractivity contribution in [1.82, 2.24) is 0 Å². The van der Waals surface area contributed by atoms with E-state index in [1.807, 2.05) is 48.5 Å². The standard InChI is InChI=1S/C18H16ClNO/c19-14-7-4-8-15(11-14)20-18(12-21)17-10-3-6-13-5-1-2-9-16(13)17/h1-11,18,20-21H,12H2. The Morgan fingerprint density at radius 1 is 0.952 bits per heavy atom. The molecule has 2 nitrogen and oxygen atoms in total. The lowest BCUT2D eigenvalue weighted by atomic mass is 9.99. The lowest BCUT2D eigenvalue weighted by molar-refractivity contribution is 0.277. The third-order valence-electron chi connectivity index (χ3n) is 3.55. The zero-order valence-electron chi connectivity index (χ0n) is 11.5. The van der Waals surface area contributed by atoms with Crippen molar-refractivity contribution in [2.45, 2.75) is 6.04 Å². The predicted octanol–water partition coefficient (Wildman–Crippen LogP) is 4.64. The van der Waals surface area contributed by atoms with Crippen molar-refractivity contribution in [2.75, 3.05) is 11.9 Å². The number of hydrogen-bond acceptors (Lipinski definition) is 2. The number of aliphatic hydroxyl groups excluding tert-OH is 1. The topological polar surface area (TPSA) is 32.3 Å². The molecule has 1 atom stereocenters. The molecule has 0 aliphatic carbocycles. The quantitative estimate of drug-likeness (QED) is 0.735. The van der Waals surface area contributed by atoms with Gasteiger partial charge in [0.1, 0.15) is 0 Å². The molecule has 0 heterocycles. The molecule has 0 aliphatic rings. The first-order valence-corrected chi connectivity index (χ1v) is 7.26. The monoisotopic (exact) mass is 297 g/mol. The van der Waals surface area contributed by atoms with Crippen LogP contribution in [0.3, 0.4) is 0 Å².